The fraction of sp³-hybridized carbons (Fsp3) is 0.471. The van der Waals surface area contributed by atoms with E-state index >= 15 is 0 Å². The molecule has 21 heavy (non-hydrogen) atoms. The average Bonchev–Trinajstić information content (AvgIpc) is 2.84. The summed E-state index contributed by atoms with van der Waals surface area (Å²) in [4.78, 5) is 6.02. The first-order chi connectivity index (χ1) is 9.63. The second kappa shape index (κ2) is 5.43. The zero-order valence-corrected chi connectivity index (χ0v) is 14.5. The molecule has 0 bridgehead atoms. The molecule has 4 heteroatoms. The molecule has 0 aliphatic heterocycles. The molecule has 114 valence electrons. The number of nitrogens with two attached hydrogens (primary N) is 1. The zero-order valence-electron chi connectivity index (χ0n) is 13.7. The van der Waals surface area contributed by atoms with E-state index < -0.39 is 0 Å². The highest BCUT2D eigenvalue weighted by Crippen LogP contribution is 2.39. The smallest absolute Gasteiger partial charge is 0.123 e. The van der Waals surface area contributed by atoms with Gasteiger partial charge in [-0.05, 0) is 38.1 Å². The molecule has 0 saturated heterocycles. The van der Waals surface area contributed by atoms with E-state index in [9.17, 15) is 0 Å². The molecule has 3 nitrogen and oxygen atoms in total. The van der Waals surface area contributed by atoms with Crippen molar-refractivity contribution in [3.8, 4) is 16.3 Å². The molecule has 2 rings (SSSR count). The van der Waals surface area contributed by atoms with Crippen LogP contribution in [0, 0.1) is 0 Å². The molecule has 0 aliphatic carbocycles. The Morgan fingerprint density at radius 3 is 2.00 bits per heavy atom. The monoisotopic (exact) mass is 304 g/mol. The summed E-state index contributed by atoms with van der Waals surface area (Å²) < 4.78 is 5.21. The van der Waals surface area contributed by atoms with Crippen molar-refractivity contribution < 1.29 is 4.74 Å². The molecule has 1 aromatic carbocycles. The second-order valence-corrected chi connectivity index (χ2v) is 7.90. The maximum absolute atomic E-state index is 6.34. The van der Waals surface area contributed by atoms with Gasteiger partial charge in [0.1, 0.15) is 10.8 Å². The van der Waals surface area contributed by atoms with Crippen LogP contribution in [-0.2, 0) is 11.0 Å². The van der Waals surface area contributed by atoms with Crippen LogP contribution >= 0.6 is 11.3 Å². The van der Waals surface area contributed by atoms with E-state index in [1.54, 1.807) is 18.4 Å². The van der Waals surface area contributed by atoms with Gasteiger partial charge in [0.05, 0.1) is 12.8 Å². The van der Waals surface area contributed by atoms with Crippen LogP contribution in [0.3, 0.4) is 0 Å². The zero-order chi connectivity index (χ0) is 15.8. The Morgan fingerprint density at radius 1 is 1.05 bits per heavy atom. The van der Waals surface area contributed by atoms with E-state index in [1.807, 2.05) is 38.1 Å². The minimum atomic E-state index is -0.384. The highest BCUT2D eigenvalue weighted by Gasteiger charge is 2.30. The topological polar surface area (TPSA) is 48.1 Å². The molecule has 0 saturated carbocycles. The summed E-state index contributed by atoms with van der Waals surface area (Å²) in [6, 6.07) is 8.00. The molecule has 1 heterocycles. The lowest BCUT2D eigenvalue weighted by Gasteiger charge is -2.24. The van der Waals surface area contributed by atoms with Crippen LogP contribution in [0.25, 0.3) is 10.6 Å². The maximum Gasteiger partial charge on any atom is 0.123 e. The predicted molar refractivity (Wildman–Crippen MR) is 90.0 cm³/mol. The fourth-order valence-electron chi connectivity index (χ4n) is 2.12. The minimum absolute atomic E-state index is 0.0206. The lowest BCUT2D eigenvalue weighted by Crippen LogP contribution is -2.31. The Labute approximate surface area is 131 Å². The van der Waals surface area contributed by atoms with Crippen LogP contribution in [-0.4, -0.2) is 12.1 Å². The van der Waals surface area contributed by atoms with Gasteiger partial charge in [-0.3, -0.25) is 0 Å². The van der Waals surface area contributed by atoms with E-state index in [0.29, 0.717) is 0 Å². The van der Waals surface area contributed by atoms with Gasteiger partial charge in [-0.15, -0.1) is 11.3 Å². The quantitative estimate of drug-likeness (QED) is 0.919. The van der Waals surface area contributed by atoms with Crippen LogP contribution in [0.15, 0.2) is 24.3 Å². The van der Waals surface area contributed by atoms with Gasteiger partial charge >= 0.3 is 0 Å². The molecule has 0 radical (unpaired) electrons. The number of aromatic nitrogens is 1. The van der Waals surface area contributed by atoms with Gasteiger partial charge < -0.3 is 10.5 Å². The predicted octanol–water partition coefficient (Wildman–Crippen LogP) is 4.31. The number of ether oxygens (including phenoxy) is 1. The van der Waals surface area contributed by atoms with E-state index in [4.69, 9.17) is 15.5 Å². The van der Waals surface area contributed by atoms with E-state index in [1.165, 1.54) is 0 Å². The Bertz CT molecular complexity index is 584. The summed E-state index contributed by atoms with van der Waals surface area (Å²) in [6.45, 7) is 10.6. The third-order valence-electron chi connectivity index (χ3n) is 3.26. The summed E-state index contributed by atoms with van der Waals surface area (Å²) in [5.74, 6) is 0.853. The number of rotatable bonds is 3. The molecule has 2 aromatic rings. The van der Waals surface area contributed by atoms with Gasteiger partial charge in [0.25, 0.3) is 0 Å². The van der Waals surface area contributed by atoms with Crippen LogP contribution in [0.2, 0.25) is 0 Å². The second-order valence-electron chi connectivity index (χ2n) is 6.90. The molecule has 0 unspecified atom stereocenters. The minimum Gasteiger partial charge on any atom is -0.497 e. The van der Waals surface area contributed by atoms with Crippen molar-refractivity contribution in [3.05, 3.63) is 34.8 Å². The molecule has 0 aliphatic rings. The van der Waals surface area contributed by atoms with Crippen molar-refractivity contribution in [2.24, 2.45) is 5.73 Å². The van der Waals surface area contributed by atoms with Crippen LogP contribution in [0.1, 0.15) is 45.2 Å². The molecule has 0 spiro atoms. The van der Waals surface area contributed by atoms with Gasteiger partial charge in [-0.2, -0.15) is 0 Å². The Hall–Kier alpha value is -1.39. The summed E-state index contributed by atoms with van der Waals surface area (Å²) in [5, 5.41) is 1.01. The largest absolute Gasteiger partial charge is 0.497 e. The normalized spacial score (nSPS) is 12.5. The van der Waals surface area contributed by atoms with Crippen molar-refractivity contribution in [3.63, 3.8) is 0 Å². The lowest BCUT2D eigenvalue weighted by molar-refractivity contribution is 0.415. The first kappa shape index (κ1) is 16.0. The molecular formula is C17H24N2OS. The van der Waals surface area contributed by atoms with E-state index in [2.05, 4.69) is 20.8 Å². The number of nitrogens with zero attached hydrogens (tertiary/aromatic N) is 1. The number of hydrogen-bond acceptors (Lipinski definition) is 4. The molecular weight excluding hydrogens is 280 g/mol. The Kier molecular flexibility index (Phi) is 4.13. The maximum atomic E-state index is 6.34. The van der Waals surface area contributed by atoms with Crippen molar-refractivity contribution in [1.29, 1.82) is 0 Å². The molecule has 1 aromatic heterocycles. The van der Waals surface area contributed by atoms with Crippen LogP contribution in [0.5, 0.6) is 5.75 Å². The van der Waals surface area contributed by atoms with E-state index in [-0.39, 0.29) is 11.0 Å². The summed E-state index contributed by atoms with van der Waals surface area (Å²) in [7, 11) is 1.67. The van der Waals surface area contributed by atoms with Gasteiger partial charge in [-0.1, -0.05) is 20.8 Å². The third kappa shape index (κ3) is 3.44. The van der Waals surface area contributed by atoms with Gasteiger partial charge in [0, 0.05) is 21.4 Å². The first-order valence-corrected chi connectivity index (χ1v) is 7.89. The van der Waals surface area contributed by atoms with Crippen LogP contribution < -0.4 is 10.5 Å². The Morgan fingerprint density at radius 2 is 1.62 bits per heavy atom. The summed E-state index contributed by atoms with van der Waals surface area (Å²) in [5.41, 5.74) is 8.12. The molecule has 0 fully saturated rings. The number of benzene rings is 1. The van der Waals surface area contributed by atoms with Crippen molar-refractivity contribution in [1.82, 2.24) is 4.98 Å². The summed E-state index contributed by atoms with van der Waals surface area (Å²) >= 11 is 1.68. The molecule has 0 amide bonds. The van der Waals surface area contributed by atoms with Gasteiger partial charge in [0.15, 0.2) is 0 Å². The first-order valence-electron chi connectivity index (χ1n) is 7.08. The number of methoxy groups -OCH3 is 1. The van der Waals surface area contributed by atoms with Crippen LogP contribution in [0.4, 0.5) is 0 Å². The summed E-state index contributed by atoms with van der Waals surface area (Å²) in [6.07, 6.45) is 0. The Balaban J connectivity index is 2.53. The number of thiazole rings is 1. The number of hydrogen-bond donors (Lipinski definition) is 1. The van der Waals surface area contributed by atoms with Crippen molar-refractivity contribution in [2.75, 3.05) is 7.11 Å². The molecule has 0 atom stereocenters. The average molecular weight is 304 g/mol. The molecule has 2 N–H and O–H groups in total. The van der Waals surface area contributed by atoms with Gasteiger partial charge in [0.2, 0.25) is 0 Å². The van der Waals surface area contributed by atoms with Crippen molar-refractivity contribution >= 4 is 11.3 Å². The van der Waals surface area contributed by atoms with Crippen molar-refractivity contribution in [2.45, 2.75) is 45.6 Å². The third-order valence-corrected chi connectivity index (χ3v) is 4.70. The lowest BCUT2D eigenvalue weighted by atomic mass is 9.87. The van der Waals surface area contributed by atoms with Gasteiger partial charge in [-0.25, -0.2) is 4.98 Å². The SMILES string of the molecule is COc1ccc(-c2nc(C(C)(C)C)c(C(C)(C)N)s2)cc1. The fourth-order valence-corrected chi connectivity index (χ4v) is 3.42. The highest BCUT2D eigenvalue weighted by molar-refractivity contribution is 7.15. The van der Waals surface area contributed by atoms with E-state index in [0.717, 1.165) is 26.9 Å². The highest BCUT2D eigenvalue weighted by atomic mass is 32.1. The standard InChI is InChI=1S/C17H24N2OS/c1-16(2,3)13-14(17(4,5)18)21-15(19-13)11-7-9-12(20-6)10-8-11/h7-10H,18H2,1-6H3.